The zero-order valence-electron chi connectivity index (χ0n) is 10.4. The van der Waals surface area contributed by atoms with Gasteiger partial charge in [0.1, 0.15) is 6.54 Å². The van der Waals surface area contributed by atoms with Crippen LogP contribution in [0.5, 0.6) is 0 Å². The summed E-state index contributed by atoms with van der Waals surface area (Å²) < 4.78 is 9.25. The van der Waals surface area contributed by atoms with Gasteiger partial charge in [-0.1, -0.05) is 0 Å². The van der Waals surface area contributed by atoms with Crippen LogP contribution >= 0.6 is 0 Å². The molecule has 0 fully saturated rings. The molecule has 0 heterocycles. The molecule has 0 rings (SSSR count). The third-order valence-corrected chi connectivity index (χ3v) is 1.87. The SMILES string of the molecule is C#CC[NH+]([O-])C(=O)C(C)OC(=O)C(C)OC(C)=O. The van der Waals surface area contributed by atoms with Crippen molar-refractivity contribution in [2.75, 3.05) is 6.54 Å². The second kappa shape index (κ2) is 7.42. The van der Waals surface area contributed by atoms with E-state index in [0.29, 0.717) is 0 Å². The van der Waals surface area contributed by atoms with Gasteiger partial charge in [0.2, 0.25) is 6.10 Å². The van der Waals surface area contributed by atoms with Crippen molar-refractivity contribution in [3.63, 3.8) is 0 Å². The number of terminal acetylenes is 1. The Labute approximate surface area is 105 Å². The highest BCUT2D eigenvalue weighted by atomic mass is 16.6. The molecule has 0 aliphatic carbocycles. The molecule has 0 radical (unpaired) electrons. The van der Waals surface area contributed by atoms with Crippen LogP contribution in [0.1, 0.15) is 20.8 Å². The molecule has 0 aliphatic heterocycles. The lowest BCUT2D eigenvalue weighted by atomic mass is 10.3. The first-order valence-electron chi connectivity index (χ1n) is 5.17. The summed E-state index contributed by atoms with van der Waals surface area (Å²) in [6, 6.07) is 0. The average Bonchev–Trinajstić information content (AvgIpc) is 2.27. The zero-order valence-corrected chi connectivity index (χ0v) is 10.4. The van der Waals surface area contributed by atoms with E-state index in [1.165, 1.54) is 13.8 Å². The Morgan fingerprint density at radius 1 is 1.28 bits per heavy atom. The van der Waals surface area contributed by atoms with E-state index >= 15 is 0 Å². The van der Waals surface area contributed by atoms with E-state index in [-0.39, 0.29) is 6.54 Å². The van der Waals surface area contributed by atoms with Crippen LogP contribution in [-0.4, -0.2) is 36.6 Å². The Morgan fingerprint density at radius 3 is 2.28 bits per heavy atom. The molecule has 0 saturated heterocycles. The number of nitrogens with one attached hydrogen (secondary N) is 1. The predicted molar refractivity (Wildman–Crippen MR) is 59.8 cm³/mol. The van der Waals surface area contributed by atoms with Crippen LogP contribution in [-0.2, 0) is 23.9 Å². The molecule has 7 heteroatoms. The van der Waals surface area contributed by atoms with Gasteiger partial charge in [0.15, 0.2) is 6.10 Å². The monoisotopic (exact) mass is 257 g/mol. The summed E-state index contributed by atoms with van der Waals surface area (Å²) in [5, 5.41) is 10.3. The van der Waals surface area contributed by atoms with Crippen LogP contribution in [0.4, 0.5) is 0 Å². The molecule has 3 atom stereocenters. The molecule has 18 heavy (non-hydrogen) atoms. The second-order valence-electron chi connectivity index (χ2n) is 3.50. The summed E-state index contributed by atoms with van der Waals surface area (Å²) >= 11 is 0. The van der Waals surface area contributed by atoms with Gasteiger partial charge in [0.05, 0.1) is 0 Å². The number of hydrogen-bond acceptors (Lipinski definition) is 6. The average molecular weight is 257 g/mol. The van der Waals surface area contributed by atoms with Crippen molar-refractivity contribution in [1.29, 1.82) is 0 Å². The number of carbonyl (C=O) groups excluding carboxylic acids is 3. The fourth-order valence-corrected chi connectivity index (χ4v) is 1.03. The van der Waals surface area contributed by atoms with Crippen molar-refractivity contribution < 1.29 is 28.9 Å². The van der Waals surface area contributed by atoms with Crippen LogP contribution in [0.15, 0.2) is 0 Å². The predicted octanol–water partition coefficient (Wildman–Crippen LogP) is -1.59. The minimum atomic E-state index is -1.25. The van der Waals surface area contributed by atoms with E-state index in [1.807, 2.05) is 5.92 Å². The first-order chi connectivity index (χ1) is 8.29. The van der Waals surface area contributed by atoms with E-state index in [1.54, 1.807) is 0 Å². The van der Waals surface area contributed by atoms with Gasteiger partial charge < -0.3 is 14.7 Å². The van der Waals surface area contributed by atoms with Gasteiger partial charge in [0.25, 0.3) is 0 Å². The van der Waals surface area contributed by atoms with Gasteiger partial charge in [0, 0.05) is 6.92 Å². The number of hydrogen-bond donors (Lipinski definition) is 1. The van der Waals surface area contributed by atoms with Gasteiger partial charge in [-0.15, -0.1) is 6.42 Å². The fourth-order valence-electron chi connectivity index (χ4n) is 1.03. The maximum atomic E-state index is 11.4. The highest BCUT2D eigenvalue weighted by Gasteiger charge is 2.27. The van der Waals surface area contributed by atoms with E-state index < -0.39 is 35.1 Å². The number of esters is 2. The first-order valence-corrected chi connectivity index (χ1v) is 5.17. The van der Waals surface area contributed by atoms with Crippen molar-refractivity contribution in [3.8, 4) is 12.3 Å². The molecule has 1 amide bonds. The normalized spacial score (nSPS) is 14.8. The minimum Gasteiger partial charge on any atom is -0.626 e. The zero-order chi connectivity index (χ0) is 14.3. The van der Waals surface area contributed by atoms with Crippen molar-refractivity contribution in [1.82, 2.24) is 0 Å². The van der Waals surface area contributed by atoms with E-state index in [2.05, 4.69) is 9.47 Å². The first kappa shape index (κ1) is 16.1. The largest absolute Gasteiger partial charge is 0.626 e. The van der Waals surface area contributed by atoms with E-state index in [4.69, 9.17) is 6.42 Å². The lowest BCUT2D eigenvalue weighted by molar-refractivity contribution is -0.758. The number of carbonyl (C=O) groups is 3. The van der Waals surface area contributed by atoms with Crippen molar-refractivity contribution in [3.05, 3.63) is 5.21 Å². The maximum Gasteiger partial charge on any atom is 0.353 e. The molecule has 0 aromatic heterocycles. The van der Waals surface area contributed by atoms with E-state index in [9.17, 15) is 19.6 Å². The lowest BCUT2D eigenvalue weighted by Gasteiger charge is -2.21. The van der Waals surface area contributed by atoms with Gasteiger partial charge in [-0.2, -0.15) is 0 Å². The van der Waals surface area contributed by atoms with Crippen LogP contribution in [0.25, 0.3) is 0 Å². The highest BCUT2D eigenvalue weighted by Crippen LogP contribution is 1.99. The number of quaternary nitrogens is 1. The van der Waals surface area contributed by atoms with Crippen LogP contribution in [0.3, 0.4) is 0 Å². The molecule has 0 bridgehead atoms. The molecule has 3 unspecified atom stereocenters. The molecule has 0 aromatic rings. The van der Waals surface area contributed by atoms with Gasteiger partial charge in [-0.25, -0.2) is 9.59 Å². The van der Waals surface area contributed by atoms with Gasteiger partial charge in [-0.3, -0.25) is 9.86 Å². The molecule has 1 N–H and O–H groups in total. The summed E-state index contributed by atoms with van der Waals surface area (Å²) in [6.45, 7) is 3.33. The summed E-state index contributed by atoms with van der Waals surface area (Å²) in [5.41, 5.74) is 0. The van der Waals surface area contributed by atoms with Crippen molar-refractivity contribution >= 4 is 17.8 Å². The Hall–Kier alpha value is -1.91. The molecule has 0 saturated carbocycles. The minimum absolute atomic E-state index is 0.347. The fraction of sp³-hybridized carbons (Fsp3) is 0.545. The smallest absolute Gasteiger partial charge is 0.353 e. The Bertz CT molecular complexity index is 372. The molecule has 100 valence electrons. The summed E-state index contributed by atoms with van der Waals surface area (Å²) in [4.78, 5) is 33.4. The standard InChI is InChI=1S/C11H15NO6/c1-5-6-12(16)10(14)7(2)18-11(15)8(3)17-9(4)13/h1,7-8,12H,6H2,2-4H3. The van der Waals surface area contributed by atoms with Gasteiger partial charge in [-0.05, 0) is 19.8 Å². The summed E-state index contributed by atoms with van der Waals surface area (Å²) in [6.07, 6.45) is 2.49. The number of rotatable bonds is 5. The number of hydroxylamine groups is 2. The third-order valence-electron chi connectivity index (χ3n) is 1.87. The Morgan fingerprint density at radius 2 is 1.83 bits per heavy atom. The second-order valence-corrected chi connectivity index (χ2v) is 3.50. The number of ether oxygens (including phenoxy) is 2. The highest BCUT2D eigenvalue weighted by molar-refractivity contribution is 5.81. The summed E-state index contributed by atoms with van der Waals surface area (Å²) in [7, 11) is 0. The molecule has 7 nitrogen and oxygen atoms in total. The van der Waals surface area contributed by atoms with Crippen LogP contribution in [0.2, 0.25) is 0 Å². The Kier molecular flexibility index (Phi) is 6.63. The van der Waals surface area contributed by atoms with Gasteiger partial charge >= 0.3 is 17.8 Å². The molecule has 0 spiro atoms. The third kappa shape index (κ3) is 5.43. The van der Waals surface area contributed by atoms with Crippen LogP contribution < -0.4 is 5.06 Å². The molecular formula is C11H15NO6. The lowest BCUT2D eigenvalue weighted by Crippen LogP contribution is -3.11. The van der Waals surface area contributed by atoms with Crippen molar-refractivity contribution in [2.45, 2.75) is 33.0 Å². The Balaban J connectivity index is 4.35. The van der Waals surface area contributed by atoms with E-state index in [0.717, 1.165) is 6.92 Å². The maximum absolute atomic E-state index is 11.4. The number of amides is 1. The molecular weight excluding hydrogens is 242 g/mol. The van der Waals surface area contributed by atoms with Crippen molar-refractivity contribution in [2.24, 2.45) is 0 Å². The molecule has 0 aromatic carbocycles. The molecule has 0 aliphatic rings. The quantitative estimate of drug-likeness (QED) is 0.362. The van der Waals surface area contributed by atoms with Crippen LogP contribution in [0, 0.1) is 17.6 Å². The topological polar surface area (TPSA) is 97.2 Å². The summed E-state index contributed by atoms with van der Waals surface area (Å²) in [5.74, 6) is -0.421.